The number of anilines is 1. The van der Waals surface area contributed by atoms with E-state index < -0.39 is 0 Å². The van der Waals surface area contributed by atoms with Crippen molar-refractivity contribution in [3.8, 4) is 5.75 Å². The van der Waals surface area contributed by atoms with Gasteiger partial charge in [-0.05, 0) is 56.5 Å². The fourth-order valence-corrected chi connectivity index (χ4v) is 4.68. The van der Waals surface area contributed by atoms with Crippen molar-refractivity contribution in [2.45, 2.75) is 46.0 Å². The number of benzene rings is 3. The van der Waals surface area contributed by atoms with Gasteiger partial charge in [-0.2, -0.15) is 0 Å². The van der Waals surface area contributed by atoms with E-state index in [2.05, 4.69) is 46.7 Å². The number of hydrogen-bond acceptors (Lipinski definition) is 5. The summed E-state index contributed by atoms with van der Waals surface area (Å²) in [6.07, 6.45) is 0. The molecule has 0 saturated carbocycles. The van der Waals surface area contributed by atoms with Gasteiger partial charge in [0.15, 0.2) is 11.0 Å². The third-order valence-corrected chi connectivity index (χ3v) is 6.61. The maximum atomic E-state index is 12.8. The first-order valence-corrected chi connectivity index (χ1v) is 12.5. The van der Waals surface area contributed by atoms with Gasteiger partial charge >= 0.3 is 0 Å². The summed E-state index contributed by atoms with van der Waals surface area (Å²) < 4.78 is 7.99. The quantitative estimate of drug-likeness (QED) is 0.300. The normalized spacial score (nSPS) is 10.9. The van der Waals surface area contributed by atoms with Gasteiger partial charge in [-0.15, -0.1) is 10.2 Å². The van der Waals surface area contributed by atoms with Crippen molar-refractivity contribution in [2.75, 3.05) is 11.1 Å². The number of amides is 1. The number of aryl methyl sites for hydroxylation is 4. The maximum absolute atomic E-state index is 12.8. The summed E-state index contributed by atoms with van der Waals surface area (Å²) >= 11 is 1.37. The monoisotopic (exact) mass is 486 g/mol. The van der Waals surface area contributed by atoms with E-state index in [4.69, 9.17) is 4.74 Å². The lowest BCUT2D eigenvalue weighted by atomic mass is 10.1. The Bertz CT molecular complexity index is 1280. The number of ether oxygens (including phenoxy) is 1. The molecule has 7 heteroatoms. The lowest BCUT2D eigenvalue weighted by Gasteiger charge is -2.13. The molecular weight excluding hydrogens is 456 g/mol. The lowest BCUT2D eigenvalue weighted by Crippen LogP contribution is -2.17. The topological polar surface area (TPSA) is 69.0 Å². The molecule has 1 aromatic heterocycles. The van der Waals surface area contributed by atoms with Crippen LogP contribution in [-0.4, -0.2) is 26.4 Å². The Morgan fingerprint density at radius 3 is 2.29 bits per heavy atom. The molecule has 3 aromatic carbocycles. The maximum Gasteiger partial charge on any atom is 0.234 e. The molecule has 0 fully saturated rings. The Balaban J connectivity index is 1.48. The van der Waals surface area contributed by atoms with Crippen LogP contribution in [0, 0.1) is 27.7 Å². The second-order valence-corrected chi connectivity index (χ2v) is 9.63. The van der Waals surface area contributed by atoms with Crippen molar-refractivity contribution in [2.24, 2.45) is 0 Å². The van der Waals surface area contributed by atoms with E-state index in [9.17, 15) is 4.79 Å². The van der Waals surface area contributed by atoms with Crippen molar-refractivity contribution in [1.82, 2.24) is 14.8 Å². The van der Waals surface area contributed by atoms with E-state index in [-0.39, 0.29) is 18.3 Å². The first kappa shape index (κ1) is 24.5. The van der Waals surface area contributed by atoms with Gasteiger partial charge in [0.2, 0.25) is 5.91 Å². The molecule has 0 aliphatic rings. The molecule has 0 radical (unpaired) electrons. The van der Waals surface area contributed by atoms with Crippen molar-refractivity contribution in [3.63, 3.8) is 0 Å². The van der Waals surface area contributed by atoms with E-state index >= 15 is 0 Å². The van der Waals surface area contributed by atoms with Gasteiger partial charge in [0.1, 0.15) is 12.4 Å². The van der Waals surface area contributed by atoms with Crippen LogP contribution < -0.4 is 10.1 Å². The Hall–Kier alpha value is -3.58. The fourth-order valence-electron chi connectivity index (χ4n) is 3.92. The Morgan fingerprint density at radius 1 is 0.914 bits per heavy atom. The van der Waals surface area contributed by atoms with Gasteiger partial charge in [-0.3, -0.25) is 9.36 Å². The molecule has 0 bridgehead atoms. The highest BCUT2D eigenvalue weighted by atomic mass is 32.2. The number of carbonyl (C=O) groups is 1. The molecule has 1 heterocycles. The zero-order valence-electron chi connectivity index (χ0n) is 20.5. The zero-order chi connectivity index (χ0) is 24.8. The van der Waals surface area contributed by atoms with Crippen LogP contribution in [0.2, 0.25) is 0 Å². The highest BCUT2D eigenvalue weighted by Crippen LogP contribution is 2.24. The van der Waals surface area contributed by atoms with E-state index in [0.717, 1.165) is 28.1 Å². The van der Waals surface area contributed by atoms with E-state index in [1.165, 1.54) is 22.9 Å². The molecule has 0 spiro atoms. The number of hydrogen-bond donors (Lipinski definition) is 1. The molecule has 0 unspecified atom stereocenters. The molecule has 0 saturated heterocycles. The second-order valence-electron chi connectivity index (χ2n) is 8.68. The van der Waals surface area contributed by atoms with Crippen LogP contribution in [-0.2, 0) is 17.9 Å². The Kier molecular flexibility index (Phi) is 7.87. The van der Waals surface area contributed by atoms with Crippen molar-refractivity contribution >= 4 is 23.4 Å². The molecule has 0 aliphatic carbocycles. The lowest BCUT2D eigenvalue weighted by molar-refractivity contribution is -0.113. The minimum Gasteiger partial charge on any atom is -0.486 e. The fraction of sp³-hybridized carbons (Fsp3) is 0.250. The van der Waals surface area contributed by atoms with Gasteiger partial charge in [0, 0.05) is 5.69 Å². The van der Waals surface area contributed by atoms with Gasteiger partial charge < -0.3 is 10.1 Å². The summed E-state index contributed by atoms with van der Waals surface area (Å²) in [5, 5.41) is 12.5. The van der Waals surface area contributed by atoms with Crippen LogP contribution >= 0.6 is 11.8 Å². The highest BCUT2D eigenvalue weighted by Gasteiger charge is 2.16. The summed E-state index contributed by atoms with van der Waals surface area (Å²) in [5.41, 5.74) is 6.48. The average Bonchev–Trinajstić information content (AvgIpc) is 3.21. The number of aromatic nitrogens is 3. The van der Waals surface area contributed by atoms with Crippen molar-refractivity contribution < 1.29 is 9.53 Å². The van der Waals surface area contributed by atoms with Crippen LogP contribution in [0.15, 0.2) is 71.9 Å². The molecule has 0 atom stereocenters. The number of nitrogens with one attached hydrogen (secondary N) is 1. The average molecular weight is 487 g/mol. The van der Waals surface area contributed by atoms with Gasteiger partial charge in [-0.25, -0.2) is 0 Å². The largest absolute Gasteiger partial charge is 0.486 e. The second kappa shape index (κ2) is 11.2. The molecule has 1 N–H and O–H groups in total. The summed E-state index contributed by atoms with van der Waals surface area (Å²) in [7, 11) is 0. The molecule has 0 aliphatic heterocycles. The predicted molar refractivity (Wildman–Crippen MR) is 141 cm³/mol. The standard InChI is InChI=1S/C28H30N4O2S/c1-19-10-12-24(13-11-19)34-17-25-30-31-28(32(25)16-23-8-6-5-7-9-23)35-18-26(33)29-27-21(3)14-20(2)15-22(27)4/h5-15H,16-18H2,1-4H3,(H,29,33). The van der Waals surface area contributed by atoms with Crippen LogP contribution in [0.3, 0.4) is 0 Å². The Morgan fingerprint density at radius 2 is 1.60 bits per heavy atom. The number of carbonyl (C=O) groups excluding carboxylic acids is 1. The van der Waals surface area contributed by atoms with Crippen LogP contribution in [0.25, 0.3) is 0 Å². The molecule has 4 rings (SSSR count). The van der Waals surface area contributed by atoms with Crippen LogP contribution in [0.4, 0.5) is 5.69 Å². The molecule has 1 amide bonds. The summed E-state index contributed by atoms with van der Waals surface area (Å²) in [6, 6.07) is 22.2. The molecule has 35 heavy (non-hydrogen) atoms. The molecule has 4 aromatic rings. The molecular formula is C28H30N4O2S. The van der Waals surface area contributed by atoms with Gasteiger partial charge in [0.25, 0.3) is 0 Å². The number of rotatable bonds is 9. The summed E-state index contributed by atoms with van der Waals surface area (Å²) in [4.78, 5) is 12.8. The third kappa shape index (κ3) is 6.51. The van der Waals surface area contributed by atoms with Crippen LogP contribution in [0.1, 0.15) is 33.6 Å². The van der Waals surface area contributed by atoms with Crippen LogP contribution in [0.5, 0.6) is 5.75 Å². The smallest absolute Gasteiger partial charge is 0.234 e. The first-order valence-electron chi connectivity index (χ1n) is 11.5. The van der Waals surface area contributed by atoms with Crippen molar-refractivity contribution in [1.29, 1.82) is 0 Å². The minimum atomic E-state index is -0.0724. The Labute approximate surface area is 210 Å². The van der Waals surface area contributed by atoms with Gasteiger partial charge in [-0.1, -0.05) is 77.5 Å². The predicted octanol–water partition coefficient (Wildman–Crippen LogP) is 5.87. The van der Waals surface area contributed by atoms with E-state index in [1.807, 2.05) is 67.8 Å². The molecule has 180 valence electrons. The SMILES string of the molecule is Cc1ccc(OCc2nnc(SCC(=O)Nc3c(C)cc(C)cc3C)n2Cc2ccccc2)cc1. The van der Waals surface area contributed by atoms with Gasteiger partial charge in [0.05, 0.1) is 12.3 Å². The van der Waals surface area contributed by atoms with E-state index in [1.54, 1.807) is 0 Å². The van der Waals surface area contributed by atoms with Crippen molar-refractivity contribution in [3.05, 3.63) is 100 Å². The highest BCUT2D eigenvalue weighted by molar-refractivity contribution is 7.99. The minimum absolute atomic E-state index is 0.0724. The number of nitrogens with zero attached hydrogens (tertiary/aromatic N) is 3. The summed E-state index contributed by atoms with van der Waals surface area (Å²) in [5.74, 6) is 1.65. The number of thioether (sulfide) groups is 1. The summed E-state index contributed by atoms with van der Waals surface area (Å²) in [6.45, 7) is 9.01. The molecule has 6 nitrogen and oxygen atoms in total. The van der Waals surface area contributed by atoms with E-state index in [0.29, 0.717) is 17.5 Å². The third-order valence-electron chi connectivity index (χ3n) is 5.64. The zero-order valence-corrected chi connectivity index (χ0v) is 21.4. The first-order chi connectivity index (χ1) is 16.9.